The summed E-state index contributed by atoms with van der Waals surface area (Å²) in [5.74, 6) is 0.505. The molecule has 0 aliphatic carbocycles. The maximum Gasteiger partial charge on any atom is 0.0746 e. The Morgan fingerprint density at radius 1 is 1.50 bits per heavy atom. The minimum Gasteiger partial charge on any atom is -0.389 e. The zero-order chi connectivity index (χ0) is 13.8. The van der Waals surface area contributed by atoms with Gasteiger partial charge in [0.05, 0.1) is 17.0 Å². The number of aryl methyl sites for hydroxylation is 2. The van der Waals surface area contributed by atoms with Crippen LogP contribution in [0.1, 0.15) is 45.5 Å². The molecule has 4 nitrogen and oxygen atoms in total. The van der Waals surface area contributed by atoms with Gasteiger partial charge in [-0.25, -0.2) is 0 Å². The molecular formula is C14H27N3O. The zero-order valence-electron chi connectivity index (χ0n) is 12.3. The van der Waals surface area contributed by atoms with Gasteiger partial charge in [0.2, 0.25) is 0 Å². The van der Waals surface area contributed by atoms with Gasteiger partial charge in [-0.05, 0) is 39.2 Å². The maximum atomic E-state index is 10.2. The first kappa shape index (κ1) is 15.2. The Kier molecular flexibility index (Phi) is 5.35. The molecule has 0 aliphatic rings. The van der Waals surface area contributed by atoms with Crippen molar-refractivity contribution in [3.05, 3.63) is 17.5 Å². The van der Waals surface area contributed by atoms with Gasteiger partial charge in [0.25, 0.3) is 0 Å². The van der Waals surface area contributed by atoms with Crippen molar-refractivity contribution in [2.75, 3.05) is 6.54 Å². The molecule has 0 saturated heterocycles. The van der Waals surface area contributed by atoms with Crippen molar-refractivity contribution in [3.63, 3.8) is 0 Å². The molecule has 104 valence electrons. The van der Waals surface area contributed by atoms with Crippen LogP contribution in [0, 0.1) is 12.8 Å². The van der Waals surface area contributed by atoms with E-state index < -0.39 is 5.60 Å². The highest BCUT2D eigenvalue weighted by Gasteiger charge is 2.21. The van der Waals surface area contributed by atoms with E-state index in [0.717, 1.165) is 25.2 Å². The summed E-state index contributed by atoms with van der Waals surface area (Å²) >= 11 is 0. The molecule has 18 heavy (non-hydrogen) atoms. The monoisotopic (exact) mass is 253 g/mol. The van der Waals surface area contributed by atoms with Gasteiger partial charge in [-0.3, -0.25) is 4.68 Å². The summed E-state index contributed by atoms with van der Waals surface area (Å²) in [4.78, 5) is 0. The van der Waals surface area contributed by atoms with E-state index in [1.165, 1.54) is 5.69 Å². The second-order valence-corrected chi connectivity index (χ2v) is 5.79. The molecule has 1 rings (SSSR count). The minimum absolute atomic E-state index is 0.505. The zero-order valence-corrected chi connectivity index (χ0v) is 12.3. The molecule has 1 aromatic heterocycles. The molecule has 1 unspecified atom stereocenters. The lowest BCUT2D eigenvalue weighted by atomic mass is 9.94. The Labute approximate surface area is 110 Å². The van der Waals surface area contributed by atoms with Crippen LogP contribution in [0.15, 0.2) is 6.07 Å². The van der Waals surface area contributed by atoms with E-state index in [4.69, 9.17) is 0 Å². The largest absolute Gasteiger partial charge is 0.389 e. The number of hydrogen-bond donors (Lipinski definition) is 2. The lowest BCUT2D eigenvalue weighted by Crippen LogP contribution is -2.38. The van der Waals surface area contributed by atoms with Crippen molar-refractivity contribution in [3.8, 4) is 0 Å². The number of hydrogen-bond acceptors (Lipinski definition) is 3. The summed E-state index contributed by atoms with van der Waals surface area (Å²) in [6.45, 7) is 12.5. The summed E-state index contributed by atoms with van der Waals surface area (Å²) in [5.41, 5.74) is 1.58. The summed E-state index contributed by atoms with van der Waals surface area (Å²) in [5, 5.41) is 17.9. The topological polar surface area (TPSA) is 50.1 Å². The molecule has 0 bridgehead atoms. The Balaban J connectivity index is 2.45. The van der Waals surface area contributed by atoms with Crippen LogP contribution in [0.4, 0.5) is 0 Å². The van der Waals surface area contributed by atoms with Crippen LogP contribution < -0.4 is 5.32 Å². The lowest BCUT2D eigenvalue weighted by molar-refractivity contribution is 0.0382. The predicted octanol–water partition coefficient (Wildman–Crippen LogP) is 2.10. The molecule has 0 aromatic carbocycles. The summed E-state index contributed by atoms with van der Waals surface area (Å²) in [7, 11) is 0. The smallest absolute Gasteiger partial charge is 0.0746 e. The normalized spacial score (nSPS) is 15.1. The molecule has 0 radical (unpaired) electrons. The molecular weight excluding hydrogens is 226 g/mol. The quantitative estimate of drug-likeness (QED) is 0.782. The third kappa shape index (κ3) is 4.78. The van der Waals surface area contributed by atoms with Crippen LogP contribution in [-0.2, 0) is 13.1 Å². The van der Waals surface area contributed by atoms with Crippen molar-refractivity contribution < 1.29 is 5.11 Å². The van der Waals surface area contributed by atoms with Crippen molar-refractivity contribution in [1.29, 1.82) is 0 Å². The fraction of sp³-hybridized carbons (Fsp3) is 0.786. The van der Waals surface area contributed by atoms with Gasteiger partial charge in [0.1, 0.15) is 0 Å². The van der Waals surface area contributed by atoms with Crippen molar-refractivity contribution in [1.82, 2.24) is 15.1 Å². The van der Waals surface area contributed by atoms with Crippen LogP contribution in [0.2, 0.25) is 0 Å². The van der Waals surface area contributed by atoms with Gasteiger partial charge in [-0.15, -0.1) is 0 Å². The van der Waals surface area contributed by atoms with E-state index in [-0.39, 0.29) is 0 Å². The van der Waals surface area contributed by atoms with E-state index in [2.05, 4.69) is 37.3 Å². The third-order valence-corrected chi connectivity index (χ3v) is 2.94. The van der Waals surface area contributed by atoms with Crippen molar-refractivity contribution in [2.45, 2.75) is 59.7 Å². The first-order chi connectivity index (χ1) is 8.34. The van der Waals surface area contributed by atoms with Crippen LogP contribution in [0.5, 0.6) is 0 Å². The average molecular weight is 253 g/mol. The van der Waals surface area contributed by atoms with Gasteiger partial charge in [0.15, 0.2) is 0 Å². The number of aromatic nitrogens is 2. The SMILES string of the molecule is CCn1nc(C)cc1CNCC(C)(O)CC(C)C. The van der Waals surface area contributed by atoms with Gasteiger partial charge >= 0.3 is 0 Å². The highest BCUT2D eigenvalue weighted by molar-refractivity contribution is 5.08. The van der Waals surface area contributed by atoms with Gasteiger partial charge < -0.3 is 10.4 Å². The molecule has 0 fully saturated rings. The Hall–Kier alpha value is -0.870. The van der Waals surface area contributed by atoms with Crippen molar-refractivity contribution >= 4 is 0 Å². The number of nitrogens with one attached hydrogen (secondary N) is 1. The van der Waals surface area contributed by atoms with Crippen LogP contribution in [0.25, 0.3) is 0 Å². The van der Waals surface area contributed by atoms with Crippen LogP contribution in [0.3, 0.4) is 0 Å². The van der Waals surface area contributed by atoms with E-state index >= 15 is 0 Å². The number of rotatable bonds is 7. The Morgan fingerprint density at radius 3 is 2.72 bits per heavy atom. The Morgan fingerprint density at radius 2 is 2.17 bits per heavy atom. The fourth-order valence-corrected chi connectivity index (χ4v) is 2.43. The molecule has 2 N–H and O–H groups in total. The highest BCUT2D eigenvalue weighted by Crippen LogP contribution is 2.15. The molecule has 0 amide bonds. The van der Waals surface area contributed by atoms with E-state index in [1.54, 1.807) is 0 Å². The standard InChI is InChI=1S/C14H27N3O/c1-6-17-13(7-12(4)16-17)9-15-10-14(5,18)8-11(2)3/h7,11,15,18H,6,8-10H2,1-5H3. The summed E-state index contributed by atoms with van der Waals surface area (Å²) in [6.07, 6.45) is 0.812. The maximum absolute atomic E-state index is 10.2. The molecule has 0 spiro atoms. The van der Waals surface area contributed by atoms with Gasteiger partial charge in [-0.1, -0.05) is 13.8 Å². The number of nitrogens with zero attached hydrogens (tertiary/aromatic N) is 2. The van der Waals surface area contributed by atoms with Crippen molar-refractivity contribution in [2.24, 2.45) is 5.92 Å². The molecule has 4 heteroatoms. The molecule has 1 atom stereocenters. The third-order valence-electron chi connectivity index (χ3n) is 2.94. The second kappa shape index (κ2) is 6.34. The summed E-state index contributed by atoms with van der Waals surface area (Å²) in [6, 6.07) is 2.09. The lowest BCUT2D eigenvalue weighted by Gasteiger charge is -2.25. The minimum atomic E-state index is -0.639. The molecule has 0 saturated carbocycles. The predicted molar refractivity (Wildman–Crippen MR) is 74.4 cm³/mol. The molecule has 1 heterocycles. The fourth-order valence-electron chi connectivity index (χ4n) is 2.43. The van der Waals surface area contributed by atoms with Gasteiger partial charge in [-0.2, -0.15) is 5.10 Å². The first-order valence-corrected chi connectivity index (χ1v) is 6.80. The number of aliphatic hydroxyl groups is 1. The second-order valence-electron chi connectivity index (χ2n) is 5.79. The van der Waals surface area contributed by atoms with E-state index in [1.807, 2.05) is 18.5 Å². The summed E-state index contributed by atoms with van der Waals surface area (Å²) < 4.78 is 2.00. The molecule has 1 aromatic rings. The van der Waals surface area contributed by atoms with E-state index in [0.29, 0.717) is 12.5 Å². The van der Waals surface area contributed by atoms with Crippen LogP contribution in [-0.4, -0.2) is 27.0 Å². The Bertz CT molecular complexity index is 369. The van der Waals surface area contributed by atoms with Crippen LogP contribution >= 0.6 is 0 Å². The van der Waals surface area contributed by atoms with E-state index in [9.17, 15) is 5.11 Å². The highest BCUT2D eigenvalue weighted by atomic mass is 16.3. The first-order valence-electron chi connectivity index (χ1n) is 6.80. The molecule has 0 aliphatic heterocycles. The van der Waals surface area contributed by atoms with Gasteiger partial charge in [0, 0.05) is 19.6 Å². The average Bonchev–Trinajstić information content (AvgIpc) is 2.56.